The first-order chi connectivity index (χ1) is 10.3. The van der Waals surface area contributed by atoms with Gasteiger partial charge in [0.25, 0.3) is 0 Å². The summed E-state index contributed by atoms with van der Waals surface area (Å²) in [4.78, 5) is 6.66. The topological polar surface area (TPSA) is 51.4 Å². The number of anilines is 1. The van der Waals surface area contributed by atoms with Gasteiger partial charge in [-0.2, -0.15) is 0 Å². The Morgan fingerprint density at radius 2 is 2.14 bits per heavy atom. The highest BCUT2D eigenvalue weighted by atomic mass is 16.5. The molecule has 2 aromatic rings. The Morgan fingerprint density at radius 1 is 1.29 bits per heavy atom. The number of aromatic nitrogens is 1. The van der Waals surface area contributed by atoms with Crippen molar-refractivity contribution in [2.75, 3.05) is 18.0 Å². The third kappa shape index (κ3) is 3.16. The van der Waals surface area contributed by atoms with E-state index in [1.807, 2.05) is 31.3 Å². The van der Waals surface area contributed by atoms with Crippen molar-refractivity contribution in [1.29, 1.82) is 0 Å². The molecule has 1 saturated heterocycles. The molecule has 0 radical (unpaired) electrons. The van der Waals surface area contributed by atoms with Crippen LogP contribution in [0.3, 0.4) is 0 Å². The van der Waals surface area contributed by atoms with Crippen LogP contribution in [0.2, 0.25) is 0 Å². The number of para-hydroxylation sites is 1. The van der Waals surface area contributed by atoms with E-state index in [4.69, 9.17) is 10.5 Å². The molecule has 1 atom stereocenters. The molecule has 0 bridgehead atoms. The van der Waals surface area contributed by atoms with Crippen molar-refractivity contribution >= 4 is 5.69 Å². The first-order valence-corrected chi connectivity index (χ1v) is 7.38. The molecule has 3 rings (SSSR count). The van der Waals surface area contributed by atoms with Crippen molar-refractivity contribution in [2.24, 2.45) is 5.73 Å². The number of nitrogens with zero attached hydrogens (tertiary/aromatic N) is 2. The molecule has 0 amide bonds. The number of rotatable bonds is 4. The normalized spacial score (nSPS) is 18.0. The number of hydrogen-bond donors (Lipinski definition) is 1. The molecule has 1 aliphatic rings. The zero-order chi connectivity index (χ0) is 14.7. The summed E-state index contributed by atoms with van der Waals surface area (Å²) in [6.45, 7) is 4.47. The number of ether oxygens (including phenoxy) is 1. The van der Waals surface area contributed by atoms with Crippen molar-refractivity contribution in [3.05, 3.63) is 53.7 Å². The van der Waals surface area contributed by atoms with E-state index in [9.17, 15) is 0 Å². The Bertz CT molecular complexity index is 597. The van der Waals surface area contributed by atoms with Gasteiger partial charge in [-0.3, -0.25) is 0 Å². The van der Waals surface area contributed by atoms with Crippen molar-refractivity contribution in [3.8, 4) is 5.88 Å². The van der Waals surface area contributed by atoms with Crippen LogP contribution in [-0.2, 0) is 6.54 Å². The lowest BCUT2D eigenvalue weighted by molar-refractivity contribution is 0.216. The van der Waals surface area contributed by atoms with E-state index in [-0.39, 0.29) is 6.10 Å². The van der Waals surface area contributed by atoms with Crippen LogP contribution in [0, 0.1) is 6.92 Å². The molecule has 1 aromatic carbocycles. The SMILES string of the molecule is Cc1ccc(O[C@H]2CCN(c3ccccc3CN)C2)nc1. The van der Waals surface area contributed by atoms with Crippen LogP contribution in [0.15, 0.2) is 42.6 Å². The average molecular weight is 283 g/mol. The lowest BCUT2D eigenvalue weighted by Crippen LogP contribution is -2.25. The summed E-state index contributed by atoms with van der Waals surface area (Å²) in [6.07, 6.45) is 3.03. The summed E-state index contributed by atoms with van der Waals surface area (Å²) in [5.41, 5.74) is 9.38. The van der Waals surface area contributed by atoms with Gasteiger partial charge < -0.3 is 15.4 Å². The summed E-state index contributed by atoms with van der Waals surface area (Å²) in [6, 6.07) is 12.3. The quantitative estimate of drug-likeness (QED) is 0.936. The molecular weight excluding hydrogens is 262 g/mol. The Balaban J connectivity index is 1.66. The molecule has 2 N–H and O–H groups in total. The largest absolute Gasteiger partial charge is 0.472 e. The summed E-state index contributed by atoms with van der Waals surface area (Å²) >= 11 is 0. The molecule has 0 aliphatic carbocycles. The number of benzene rings is 1. The van der Waals surface area contributed by atoms with Gasteiger partial charge >= 0.3 is 0 Å². The van der Waals surface area contributed by atoms with Crippen molar-refractivity contribution in [2.45, 2.75) is 26.0 Å². The van der Waals surface area contributed by atoms with Gasteiger partial charge in [0.2, 0.25) is 5.88 Å². The third-order valence-corrected chi connectivity index (χ3v) is 3.87. The minimum Gasteiger partial charge on any atom is -0.472 e. The third-order valence-electron chi connectivity index (χ3n) is 3.87. The van der Waals surface area contributed by atoms with E-state index < -0.39 is 0 Å². The zero-order valence-corrected chi connectivity index (χ0v) is 12.3. The Morgan fingerprint density at radius 3 is 2.90 bits per heavy atom. The average Bonchev–Trinajstić information content (AvgIpc) is 2.98. The highest BCUT2D eigenvalue weighted by molar-refractivity contribution is 5.54. The minimum atomic E-state index is 0.186. The maximum absolute atomic E-state index is 5.97. The van der Waals surface area contributed by atoms with E-state index in [2.05, 4.69) is 28.1 Å². The van der Waals surface area contributed by atoms with Gasteiger partial charge in [-0.1, -0.05) is 24.3 Å². The van der Waals surface area contributed by atoms with Crippen LogP contribution in [0.1, 0.15) is 17.5 Å². The Kier molecular flexibility index (Phi) is 4.06. The smallest absolute Gasteiger partial charge is 0.213 e. The van der Waals surface area contributed by atoms with Crippen molar-refractivity contribution in [3.63, 3.8) is 0 Å². The Labute approximate surface area is 125 Å². The second kappa shape index (κ2) is 6.14. The molecule has 0 saturated carbocycles. The van der Waals surface area contributed by atoms with Gasteiger partial charge in [0, 0.05) is 37.5 Å². The van der Waals surface area contributed by atoms with E-state index in [0.29, 0.717) is 12.4 Å². The van der Waals surface area contributed by atoms with Crippen molar-refractivity contribution in [1.82, 2.24) is 4.98 Å². The maximum Gasteiger partial charge on any atom is 0.213 e. The van der Waals surface area contributed by atoms with Crippen LogP contribution in [0.25, 0.3) is 0 Å². The highest BCUT2D eigenvalue weighted by Gasteiger charge is 2.25. The molecular formula is C17H21N3O. The molecule has 1 aromatic heterocycles. The van der Waals surface area contributed by atoms with E-state index in [0.717, 1.165) is 25.1 Å². The van der Waals surface area contributed by atoms with Crippen LogP contribution in [0.4, 0.5) is 5.69 Å². The summed E-state index contributed by atoms with van der Waals surface area (Å²) in [7, 11) is 0. The van der Waals surface area contributed by atoms with E-state index in [1.54, 1.807) is 0 Å². The van der Waals surface area contributed by atoms with Crippen LogP contribution in [0.5, 0.6) is 5.88 Å². The fourth-order valence-corrected chi connectivity index (χ4v) is 2.73. The molecule has 1 fully saturated rings. The predicted octanol–water partition coefficient (Wildman–Crippen LogP) is 2.51. The van der Waals surface area contributed by atoms with E-state index in [1.165, 1.54) is 11.3 Å². The molecule has 21 heavy (non-hydrogen) atoms. The molecule has 0 unspecified atom stereocenters. The fraction of sp³-hybridized carbons (Fsp3) is 0.353. The molecule has 4 nitrogen and oxygen atoms in total. The second-order valence-corrected chi connectivity index (χ2v) is 5.48. The monoisotopic (exact) mass is 283 g/mol. The van der Waals surface area contributed by atoms with Crippen LogP contribution < -0.4 is 15.4 Å². The molecule has 1 aliphatic heterocycles. The summed E-state index contributed by atoms with van der Waals surface area (Å²) in [5.74, 6) is 0.708. The van der Waals surface area contributed by atoms with Gasteiger partial charge in [0.15, 0.2) is 0 Å². The fourth-order valence-electron chi connectivity index (χ4n) is 2.73. The number of aryl methyl sites for hydroxylation is 1. The van der Waals surface area contributed by atoms with Crippen LogP contribution >= 0.6 is 0 Å². The molecule has 110 valence electrons. The molecule has 4 heteroatoms. The van der Waals surface area contributed by atoms with Gasteiger partial charge in [0.1, 0.15) is 6.10 Å². The first kappa shape index (κ1) is 13.9. The van der Waals surface area contributed by atoms with Gasteiger partial charge in [-0.05, 0) is 24.1 Å². The first-order valence-electron chi connectivity index (χ1n) is 7.38. The van der Waals surface area contributed by atoms with Gasteiger partial charge in [0.05, 0.1) is 6.54 Å². The van der Waals surface area contributed by atoms with Gasteiger partial charge in [-0.15, -0.1) is 0 Å². The maximum atomic E-state index is 5.97. The molecule has 0 spiro atoms. The van der Waals surface area contributed by atoms with Crippen molar-refractivity contribution < 1.29 is 4.74 Å². The lowest BCUT2D eigenvalue weighted by Gasteiger charge is -2.21. The van der Waals surface area contributed by atoms with E-state index >= 15 is 0 Å². The standard InChI is InChI=1S/C17H21N3O/c1-13-6-7-17(19-11-13)21-15-8-9-20(12-15)16-5-3-2-4-14(16)10-18/h2-7,11,15H,8-10,12,18H2,1H3/t15-/m0/s1. The number of nitrogens with two attached hydrogens (primary N) is 1. The van der Waals surface area contributed by atoms with Gasteiger partial charge in [-0.25, -0.2) is 4.98 Å². The second-order valence-electron chi connectivity index (χ2n) is 5.48. The molecule has 2 heterocycles. The predicted molar refractivity (Wildman–Crippen MR) is 84.6 cm³/mol. The zero-order valence-electron chi connectivity index (χ0n) is 12.3. The lowest BCUT2D eigenvalue weighted by atomic mass is 10.1. The number of hydrogen-bond acceptors (Lipinski definition) is 4. The summed E-state index contributed by atoms with van der Waals surface area (Å²) in [5, 5.41) is 0. The summed E-state index contributed by atoms with van der Waals surface area (Å²) < 4.78 is 5.97. The highest BCUT2D eigenvalue weighted by Crippen LogP contribution is 2.26. The Hall–Kier alpha value is -2.07. The number of pyridine rings is 1. The minimum absolute atomic E-state index is 0.186. The van der Waals surface area contributed by atoms with Crippen LogP contribution in [-0.4, -0.2) is 24.2 Å².